The summed E-state index contributed by atoms with van der Waals surface area (Å²) in [5, 5.41) is 6.30. The van der Waals surface area contributed by atoms with Crippen molar-refractivity contribution >= 4 is 29.1 Å². The number of halogens is 1. The molecule has 2 N–H and O–H groups in total. The number of carbonyl (C=O) groups excluding carboxylic acids is 2. The van der Waals surface area contributed by atoms with Gasteiger partial charge in [0.15, 0.2) is 0 Å². The molecule has 25 heavy (non-hydrogen) atoms. The fourth-order valence-electron chi connectivity index (χ4n) is 2.59. The van der Waals surface area contributed by atoms with Crippen molar-refractivity contribution in [1.82, 2.24) is 15.5 Å². The molecule has 0 spiro atoms. The molecule has 1 fully saturated rings. The van der Waals surface area contributed by atoms with Gasteiger partial charge in [0.25, 0.3) is 0 Å². The fourth-order valence-corrected chi connectivity index (χ4v) is 2.72. The summed E-state index contributed by atoms with van der Waals surface area (Å²) >= 11 is 5.91. The Balaban J connectivity index is 1.67. The third kappa shape index (κ3) is 6.53. The Morgan fingerprint density at radius 2 is 1.80 bits per heavy atom. The lowest BCUT2D eigenvalue weighted by molar-refractivity contribution is -0.132. The molecule has 1 aromatic carbocycles. The van der Waals surface area contributed by atoms with Crippen molar-refractivity contribution in [3.8, 4) is 0 Å². The standard InChI is InChI=1S/C17H25ClN4O3/c1-25-11-6-19-12-16(23)20-13-17(24)22-9-7-21(8-10-22)15-4-2-14(18)3-5-15/h2-5,19H,6-13H2,1H3,(H,20,23). The third-order valence-electron chi connectivity index (χ3n) is 4.03. The van der Waals surface area contributed by atoms with E-state index >= 15 is 0 Å². The molecular formula is C17H25ClN4O3. The van der Waals surface area contributed by atoms with E-state index in [0.717, 1.165) is 18.8 Å². The first kappa shape index (κ1) is 19.5. The smallest absolute Gasteiger partial charge is 0.242 e. The first-order chi connectivity index (χ1) is 12.1. The van der Waals surface area contributed by atoms with Gasteiger partial charge in [-0.25, -0.2) is 0 Å². The summed E-state index contributed by atoms with van der Waals surface area (Å²) < 4.78 is 4.88. The van der Waals surface area contributed by atoms with Crippen LogP contribution in [-0.2, 0) is 14.3 Å². The Hall–Kier alpha value is -1.83. The number of hydrogen-bond donors (Lipinski definition) is 2. The SMILES string of the molecule is COCCNCC(=O)NCC(=O)N1CCN(c2ccc(Cl)cc2)CC1. The van der Waals surface area contributed by atoms with Gasteiger partial charge in [-0.2, -0.15) is 0 Å². The van der Waals surface area contributed by atoms with Gasteiger partial charge in [0.05, 0.1) is 19.7 Å². The first-order valence-electron chi connectivity index (χ1n) is 8.35. The lowest BCUT2D eigenvalue weighted by Crippen LogP contribution is -2.51. The lowest BCUT2D eigenvalue weighted by atomic mass is 10.2. The summed E-state index contributed by atoms with van der Waals surface area (Å²) in [4.78, 5) is 27.9. The maximum Gasteiger partial charge on any atom is 0.242 e. The number of amides is 2. The van der Waals surface area contributed by atoms with Crippen molar-refractivity contribution in [2.24, 2.45) is 0 Å². The monoisotopic (exact) mass is 368 g/mol. The van der Waals surface area contributed by atoms with Crippen molar-refractivity contribution in [2.45, 2.75) is 0 Å². The number of methoxy groups -OCH3 is 1. The average molecular weight is 369 g/mol. The van der Waals surface area contributed by atoms with Crippen LogP contribution in [0.1, 0.15) is 0 Å². The Morgan fingerprint density at radius 1 is 1.12 bits per heavy atom. The summed E-state index contributed by atoms with van der Waals surface area (Å²) in [5.41, 5.74) is 1.10. The zero-order valence-corrected chi connectivity index (χ0v) is 15.2. The summed E-state index contributed by atoms with van der Waals surface area (Å²) in [6.45, 7) is 4.17. The van der Waals surface area contributed by atoms with E-state index in [0.29, 0.717) is 31.3 Å². The van der Waals surface area contributed by atoms with Gasteiger partial charge < -0.3 is 25.2 Å². The molecule has 1 aliphatic rings. The van der Waals surface area contributed by atoms with Crippen molar-refractivity contribution in [3.05, 3.63) is 29.3 Å². The number of rotatable bonds is 8. The Kier molecular flexibility index (Phi) is 7.97. The summed E-state index contributed by atoms with van der Waals surface area (Å²) in [6.07, 6.45) is 0. The van der Waals surface area contributed by atoms with Gasteiger partial charge in [0.2, 0.25) is 11.8 Å². The van der Waals surface area contributed by atoms with E-state index in [1.54, 1.807) is 12.0 Å². The molecule has 0 unspecified atom stereocenters. The highest BCUT2D eigenvalue weighted by Crippen LogP contribution is 2.19. The highest BCUT2D eigenvalue weighted by molar-refractivity contribution is 6.30. The van der Waals surface area contributed by atoms with Gasteiger partial charge in [-0.3, -0.25) is 9.59 Å². The minimum absolute atomic E-state index is 0.0335. The Labute approximate surface area is 153 Å². The van der Waals surface area contributed by atoms with Crippen LogP contribution in [0.3, 0.4) is 0 Å². The molecule has 0 aliphatic carbocycles. The Morgan fingerprint density at radius 3 is 2.44 bits per heavy atom. The van der Waals surface area contributed by atoms with Crippen molar-refractivity contribution < 1.29 is 14.3 Å². The van der Waals surface area contributed by atoms with Gasteiger partial charge >= 0.3 is 0 Å². The second-order valence-corrected chi connectivity index (χ2v) is 6.23. The molecular weight excluding hydrogens is 344 g/mol. The van der Waals surface area contributed by atoms with Crippen LogP contribution in [0.4, 0.5) is 5.69 Å². The van der Waals surface area contributed by atoms with E-state index in [2.05, 4.69) is 15.5 Å². The van der Waals surface area contributed by atoms with Crippen LogP contribution in [0.25, 0.3) is 0 Å². The minimum Gasteiger partial charge on any atom is -0.383 e. The first-order valence-corrected chi connectivity index (χ1v) is 8.72. The number of carbonyl (C=O) groups is 2. The molecule has 138 valence electrons. The van der Waals surface area contributed by atoms with Gasteiger partial charge in [-0.05, 0) is 24.3 Å². The second-order valence-electron chi connectivity index (χ2n) is 5.79. The van der Waals surface area contributed by atoms with Crippen LogP contribution >= 0.6 is 11.6 Å². The number of piperazine rings is 1. The summed E-state index contributed by atoms with van der Waals surface area (Å²) in [5.74, 6) is -0.245. The molecule has 2 rings (SSSR count). The molecule has 7 nitrogen and oxygen atoms in total. The molecule has 0 atom stereocenters. The fraction of sp³-hybridized carbons (Fsp3) is 0.529. The number of nitrogens with one attached hydrogen (secondary N) is 2. The molecule has 1 aliphatic heterocycles. The zero-order chi connectivity index (χ0) is 18.1. The maximum atomic E-state index is 12.2. The van der Waals surface area contributed by atoms with Gasteiger partial charge in [-0.15, -0.1) is 0 Å². The van der Waals surface area contributed by atoms with Crippen LogP contribution in [0.5, 0.6) is 0 Å². The predicted molar refractivity (Wildman–Crippen MR) is 98.0 cm³/mol. The highest BCUT2D eigenvalue weighted by atomic mass is 35.5. The predicted octanol–water partition coefficient (Wildman–Crippen LogP) is 0.341. The number of ether oxygens (including phenoxy) is 1. The number of hydrogen-bond acceptors (Lipinski definition) is 5. The topological polar surface area (TPSA) is 73.9 Å². The molecule has 8 heteroatoms. The molecule has 1 saturated heterocycles. The molecule has 0 bridgehead atoms. The Bertz CT molecular complexity index is 560. The molecule has 0 radical (unpaired) electrons. The van der Waals surface area contributed by atoms with Crippen LogP contribution in [0.2, 0.25) is 5.02 Å². The molecule has 0 aromatic heterocycles. The van der Waals surface area contributed by atoms with Crippen molar-refractivity contribution in [1.29, 1.82) is 0 Å². The van der Waals surface area contributed by atoms with Crippen LogP contribution in [0, 0.1) is 0 Å². The van der Waals surface area contributed by atoms with E-state index in [1.807, 2.05) is 24.3 Å². The third-order valence-corrected chi connectivity index (χ3v) is 4.28. The van der Waals surface area contributed by atoms with E-state index in [1.165, 1.54) is 0 Å². The summed E-state index contributed by atoms with van der Waals surface area (Å²) in [7, 11) is 1.60. The minimum atomic E-state index is -0.191. The highest BCUT2D eigenvalue weighted by Gasteiger charge is 2.21. The number of benzene rings is 1. The lowest BCUT2D eigenvalue weighted by Gasteiger charge is -2.36. The molecule has 0 saturated carbocycles. The van der Waals surface area contributed by atoms with Gasteiger partial charge in [0, 0.05) is 50.5 Å². The second kappa shape index (κ2) is 10.2. The largest absolute Gasteiger partial charge is 0.383 e. The number of anilines is 1. The van der Waals surface area contributed by atoms with Crippen LogP contribution < -0.4 is 15.5 Å². The van der Waals surface area contributed by atoms with Crippen LogP contribution in [0.15, 0.2) is 24.3 Å². The van der Waals surface area contributed by atoms with E-state index < -0.39 is 0 Å². The number of nitrogens with zero attached hydrogens (tertiary/aromatic N) is 2. The molecule has 1 heterocycles. The normalized spacial score (nSPS) is 14.5. The average Bonchev–Trinajstić information content (AvgIpc) is 2.64. The van der Waals surface area contributed by atoms with Crippen molar-refractivity contribution in [3.63, 3.8) is 0 Å². The van der Waals surface area contributed by atoms with Crippen LogP contribution in [-0.4, -0.2) is 76.2 Å². The van der Waals surface area contributed by atoms with E-state index in [-0.39, 0.29) is 24.9 Å². The maximum absolute atomic E-state index is 12.2. The van der Waals surface area contributed by atoms with Crippen molar-refractivity contribution in [2.75, 3.05) is 64.4 Å². The summed E-state index contributed by atoms with van der Waals surface area (Å²) in [6, 6.07) is 7.70. The molecule has 2 amide bonds. The molecule has 1 aromatic rings. The van der Waals surface area contributed by atoms with Gasteiger partial charge in [-0.1, -0.05) is 11.6 Å². The quantitative estimate of drug-likeness (QED) is 0.647. The van der Waals surface area contributed by atoms with Gasteiger partial charge in [0.1, 0.15) is 0 Å². The van der Waals surface area contributed by atoms with E-state index in [4.69, 9.17) is 16.3 Å². The van der Waals surface area contributed by atoms with E-state index in [9.17, 15) is 9.59 Å². The zero-order valence-electron chi connectivity index (χ0n) is 14.5.